The maximum Gasteiger partial charge on any atom is 0.263 e. The van der Waals surface area contributed by atoms with Crippen molar-refractivity contribution in [2.75, 3.05) is 23.3 Å². The summed E-state index contributed by atoms with van der Waals surface area (Å²) >= 11 is 0. The molecule has 0 aliphatic carbocycles. The Morgan fingerprint density at radius 2 is 1.81 bits per heavy atom. The average molecular weight is 397 g/mol. The van der Waals surface area contributed by atoms with Gasteiger partial charge >= 0.3 is 0 Å². The average Bonchev–Trinajstić information content (AvgIpc) is 2.61. The Morgan fingerprint density at radius 1 is 1.15 bits per heavy atom. The van der Waals surface area contributed by atoms with Crippen molar-refractivity contribution in [1.29, 1.82) is 0 Å². The summed E-state index contributed by atoms with van der Waals surface area (Å²) in [5, 5.41) is 3.27. The van der Waals surface area contributed by atoms with Crippen LogP contribution >= 0.6 is 0 Å². The molecule has 1 fully saturated rings. The van der Waals surface area contributed by atoms with Crippen molar-refractivity contribution in [3.05, 3.63) is 48.2 Å². The maximum absolute atomic E-state index is 13.2. The predicted octanol–water partition coefficient (Wildman–Crippen LogP) is 3.39. The maximum atomic E-state index is 13.2. The van der Waals surface area contributed by atoms with Gasteiger partial charge in [-0.05, 0) is 49.9 Å². The normalized spacial score (nSPS) is 16.7. The lowest BCUT2D eigenvalue weighted by molar-refractivity contribution is 0.0622. The van der Waals surface area contributed by atoms with Gasteiger partial charge in [0, 0.05) is 31.5 Å². The minimum Gasteiger partial charge on any atom is -0.381 e. The van der Waals surface area contributed by atoms with Crippen molar-refractivity contribution < 1.29 is 21.9 Å². The Bertz CT molecular complexity index is 865. The first-order valence-electron chi connectivity index (χ1n) is 8.63. The van der Waals surface area contributed by atoms with Gasteiger partial charge in [-0.25, -0.2) is 22.2 Å². The molecule has 1 aromatic heterocycles. The fourth-order valence-electron chi connectivity index (χ4n) is 3.02. The third kappa shape index (κ3) is 5.14. The zero-order valence-electron chi connectivity index (χ0n) is 14.8. The third-order valence-electron chi connectivity index (χ3n) is 4.51. The van der Waals surface area contributed by atoms with E-state index in [0.29, 0.717) is 17.8 Å². The van der Waals surface area contributed by atoms with Crippen molar-refractivity contribution >= 4 is 21.5 Å². The highest BCUT2D eigenvalue weighted by molar-refractivity contribution is 7.92. The Morgan fingerprint density at radius 3 is 2.41 bits per heavy atom. The Balaban J connectivity index is 1.68. The van der Waals surface area contributed by atoms with E-state index in [9.17, 15) is 17.2 Å². The van der Waals surface area contributed by atoms with Crippen molar-refractivity contribution in [3.63, 3.8) is 0 Å². The SMILES string of the molecule is CC(Nc1ccc(S(=O)(=O)Nc2cc(F)cc(F)c2)cn1)C1CCOCC1. The molecule has 1 aromatic carbocycles. The molecule has 1 aliphatic heterocycles. The minimum absolute atomic E-state index is 0.101. The number of hydrogen-bond acceptors (Lipinski definition) is 5. The van der Waals surface area contributed by atoms with E-state index in [0.717, 1.165) is 38.2 Å². The Labute approximate surface area is 157 Å². The number of sulfonamides is 1. The summed E-state index contributed by atoms with van der Waals surface area (Å²) < 4.78 is 58.7. The van der Waals surface area contributed by atoms with Crippen LogP contribution in [0.3, 0.4) is 0 Å². The molecule has 0 spiro atoms. The molecule has 6 nitrogen and oxygen atoms in total. The van der Waals surface area contributed by atoms with E-state index in [4.69, 9.17) is 4.74 Å². The first kappa shape index (κ1) is 19.5. The molecule has 1 aliphatic rings. The molecule has 0 amide bonds. The number of halogens is 2. The summed E-state index contributed by atoms with van der Waals surface area (Å²) in [6.45, 7) is 3.55. The molecule has 2 aromatic rings. The van der Waals surface area contributed by atoms with Gasteiger partial charge < -0.3 is 10.1 Å². The molecule has 0 saturated carbocycles. The van der Waals surface area contributed by atoms with Gasteiger partial charge in [0.1, 0.15) is 22.3 Å². The minimum atomic E-state index is -4.00. The molecule has 1 saturated heterocycles. The van der Waals surface area contributed by atoms with Crippen molar-refractivity contribution in [2.24, 2.45) is 5.92 Å². The van der Waals surface area contributed by atoms with E-state index in [2.05, 4.69) is 21.9 Å². The smallest absolute Gasteiger partial charge is 0.263 e. The molecule has 2 N–H and O–H groups in total. The van der Waals surface area contributed by atoms with Crippen molar-refractivity contribution in [1.82, 2.24) is 4.98 Å². The van der Waals surface area contributed by atoms with E-state index < -0.39 is 21.7 Å². The van der Waals surface area contributed by atoms with Gasteiger partial charge in [0.15, 0.2) is 0 Å². The first-order chi connectivity index (χ1) is 12.8. The quantitative estimate of drug-likeness (QED) is 0.781. The predicted molar refractivity (Wildman–Crippen MR) is 98.0 cm³/mol. The first-order valence-corrected chi connectivity index (χ1v) is 10.1. The van der Waals surface area contributed by atoms with Gasteiger partial charge in [-0.2, -0.15) is 0 Å². The second-order valence-electron chi connectivity index (χ2n) is 6.53. The summed E-state index contributed by atoms with van der Waals surface area (Å²) in [6, 6.07) is 5.61. The van der Waals surface area contributed by atoms with Crippen molar-refractivity contribution in [2.45, 2.75) is 30.7 Å². The molecule has 1 unspecified atom stereocenters. The fourth-order valence-corrected chi connectivity index (χ4v) is 4.00. The highest BCUT2D eigenvalue weighted by Crippen LogP contribution is 2.22. The molecule has 3 rings (SSSR count). The van der Waals surface area contributed by atoms with E-state index in [1.54, 1.807) is 6.07 Å². The van der Waals surface area contributed by atoms with Crippen LogP contribution in [-0.2, 0) is 14.8 Å². The summed E-state index contributed by atoms with van der Waals surface area (Å²) in [5.41, 5.74) is -0.192. The number of ether oxygens (including phenoxy) is 1. The molecule has 1 atom stereocenters. The molecular formula is C18H21F2N3O3S. The van der Waals surface area contributed by atoms with Crippen LogP contribution in [0.4, 0.5) is 20.3 Å². The van der Waals surface area contributed by atoms with E-state index in [1.807, 2.05) is 0 Å². The summed E-state index contributed by atoms with van der Waals surface area (Å²) in [6.07, 6.45) is 3.14. The summed E-state index contributed by atoms with van der Waals surface area (Å²) in [4.78, 5) is 4.05. The summed E-state index contributed by atoms with van der Waals surface area (Å²) in [7, 11) is -4.00. The monoisotopic (exact) mass is 397 g/mol. The fraction of sp³-hybridized carbons (Fsp3) is 0.389. The topological polar surface area (TPSA) is 80.3 Å². The van der Waals surface area contributed by atoms with Crippen LogP contribution in [0.5, 0.6) is 0 Å². The molecule has 146 valence electrons. The highest BCUT2D eigenvalue weighted by atomic mass is 32.2. The largest absolute Gasteiger partial charge is 0.381 e. The Hall–Kier alpha value is -2.26. The lowest BCUT2D eigenvalue weighted by Gasteiger charge is -2.28. The Kier molecular flexibility index (Phi) is 5.91. The number of anilines is 2. The molecular weight excluding hydrogens is 376 g/mol. The second-order valence-corrected chi connectivity index (χ2v) is 8.21. The van der Waals surface area contributed by atoms with E-state index in [1.165, 1.54) is 12.3 Å². The van der Waals surface area contributed by atoms with E-state index >= 15 is 0 Å². The number of nitrogens with one attached hydrogen (secondary N) is 2. The molecule has 9 heteroatoms. The highest BCUT2D eigenvalue weighted by Gasteiger charge is 2.21. The van der Waals surface area contributed by atoms with Gasteiger partial charge in [-0.1, -0.05) is 0 Å². The number of benzene rings is 1. The molecule has 0 radical (unpaired) electrons. The molecule has 0 bridgehead atoms. The molecule has 27 heavy (non-hydrogen) atoms. The number of aromatic nitrogens is 1. The van der Waals surface area contributed by atoms with Crippen LogP contribution in [0.1, 0.15) is 19.8 Å². The van der Waals surface area contributed by atoms with Gasteiger partial charge in [0.05, 0.1) is 5.69 Å². The second kappa shape index (κ2) is 8.18. The van der Waals surface area contributed by atoms with Gasteiger partial charge in [0.2, 0.25) is 0 Å². The lowest BCUT2D eigenvalue weighted by Crippen LogP contribution is -2.31. The zero-order valence-corrected chi connectivity index (χ0v) is 15.6. The lowest BCUT2D eigenvalue weighted by atomic mass is 9.93. The number of hydrogen-bond donors (Lipinski definition) is 2. The summed E-state index contributed by atoms with van der Waals surface area (Å²) in [5.74, 6) is -0.710. The number of rotatable bonds is 6. The van der Waals surface area contributed by atoms with Crippen LogP contribution in [0.15, 0.2) is 41.4 Å². The van der Waals surface area contributed by atoms with E-state index in [-0.39, 0.29) is 16.6 Å². The van der Waals surface area contributed by atoms with Crippen LogP contribution in [0, 0.1) is 17.6 Å². The van der Waals surface area contributed by atoms with Gasteiger partial charge in [-0.15, -0.1) is 0 Å². The third-order valence-corrected chi connectivity index (χ3v) is 5.88. The van der Waals surface area contributed by atoms with Crippen LogP contribution in [0.2, 0.25) is 0 Å². The number of pyridine rings is 1. The molecule has 2 heterocycles. The zero-order chi connectivity index (χ0) is 19.4. The van der Waals surface area contributed by atoms with Crippen molar-refractivity contribution in [3.8, 4) is 0 Å². The van der Waals surface area contributed by atoms with Crippen LogP contribution in [0.25, 0.3) is 0 Å². The van der Waals surface area contributed by atoms with Gasteiger partial charge in [0.25, 0.3) is 10.0 Å². The number of nitrogens with zero attached hydrogens (tertiary/aromatic N) is 1. The van der Waals surface area contributed by atoms with Crippen LogP contribution < -0.4 is 10.0 Å². The van der Waals surface area contributed by atoms with Gasteiger partial charge in [-0.3, -0.25) is 4.72 Å². The standard InChI is InChI=1S/C18H21F2N3O3S/c1-12(13-4-6-26-7-5-13)22-18-3-2-17(11-21-18)27(24,25)23-16-9-14(19)8-15(20)10-16/h2-3,8-13,23H,4-7H2,1H3,(H,21,22). The van der Waals surface area contributed by atoms with Crippen LogP contribution in [-0.4, -0.2) is 32.7 Å².